The number of hydrogen-bond donors (Lipinski definition) is 0. The van der Waals surface area contributed by atoms with Gasteiger partial charge in [0.2, 0.25) is 0 Å². The van der Waals surface area contributed by atoms with Crippen LogP contribution in [-0.2, 0) is 10.8 Å². The van der Waals surface area contributed by atoms with Crippen LogP contribution < -0.4 is 9.80 Å². The molecule has 0 heterocycles. The van der Waals surface area contributed by atoms with E-state index in [1.807, 2.05) is 0 Å². The Morgan fingerprint density at radius 2 is 0.696 bits per heavy atom. The molecular formula is C54H46N2. The molecule has 8 aromatic carbocycles. The molecule has 0 spiro atoms. The molecule has 2 heteroatoms. The Balaban J connectivity index is 1.18. The Morgan fingerprint density at radius 3 is 1.09 bits per heavy atom. The van der Waals surface area contributed by atoms with Crippen molar-refractivity contribution in [2.24, 2.45) is 0 Å². The average molecular weight is 723 g/mol. The zero-order chi connectivity index (χ0) is 38.3. The molecule has 0 amide bonds. The second-order valence-corrected chi connectivity index (χ2v) is 16.8. The lowest BCUT2D eigenvalue weighted by molar-refractivity contribution is 0.602. The molecule has 0 aromatic heterocycles. The minimum Gasteiger partial charge on any atom is -0.310 e. The highest BCUT2D eigenvalue weighted by Crippen LogP contribution is 2.63. The Bertz CT molecular complexity index is 2630. The number of fused-ring (bicyclic) bond motifs is 10. The monoisotopic (exact) mass is 722 g/mol. The van der Waals surface area contributed by atoms with E-state index in [-0.39, 0.29) is 10.8 Å². The van der Waals surface area contributed by atoms with Crippen molar-refractivity contribution in [2.75, 3.05) is 9.80 Å². The summed E-state index contributed by atoms with van der Waals surface area (Å²) in [6.45, 7) is 14.2. The molecule has 272 valence electrons. The number of para-hydroxylation sites is 2. The van der Waals surface area contributed by atoms with E-state index >= 15 is 0 Å². The molecule has 0 fully saturated rings. The maximum atomic E-state index is 2.47. The van der Waals surface area contributed by atoms with E-state index in [1.54, 1.807) is 0 Å². The van der Waals surface area contributed by atoms with Gasteiger partial charge in [-0.15, -0.1) is 0 Å². The third-order valence-electron chi connectivity index (χ3n) is 12.4. The van der Waals surface area contributed by atoms with E-state index in [2.05, 4.69) is 221 Å². The Morgan fingerprint density at radius 1 is 0.339 bits per heavy atom. The number of nitrogens with zero attached hydrogens (tertiary/aromatic N) is 2. The smallest absolute Gasteiger partial charge is 0.0465 e. The minimum atomic E-state index is -0.246. The van der Waals surface area contributed by atoms with Crippen LogP contribution in [0.2, 0.25) is 0 Å². The van der Waals surface area contributed by atoms with Gasteiger partial charge in [-0.25, -0.2) is 0 Å². The van der Waals surface area contributed by atoms with Crippen LogP contribution in [0.15, 0.2) is 170 Å². The predicted octanol–water partition coefficient (Wildman–Crippen LogP) is 15.0. The van der Waals surface area contributed by atoms with Crippen molar-refractivity contribution < 1.29 is 0 Å². The fourth-order valence-electron chi connectivity index (χ4n) is 9.91. The molecule has 0 radical (unpaired) electrons. The normalized spacial score (nSPS) is 14.2. The van der Waals surface area contributed by atoms with Crippen LogP contribution >= 0.6 is 0 Å². The molecule has 0 saturated heterocycles. The van der Waals surface area contributed by atoms with Crippen LogP contribution in [-0.4, -0.2) is 0 Å². The molecule has 8 aromatic rings. The van der Waals surface area contributed by atoms with Gasteiger partial charge in [-0.2, -0.15) is 0 Å². The lowest BCUT2D eigenvalue weighted by Crippen LogP contribution is -2.24. The first-order valence-electron chi connectivity index (χ1n) is 19.9. The molecule has 2 aliphatic carbocycles. The lowest BCUT2D eigenvalue weighted by Gasteiger charge is -2.32. The summed E-state index contributed by atoms with van der Waals surface area (Å²) >= 11 is 0. The zero-order valence-corrected chi connectivity index (χ0v) is 33.1. The van der Waals surface area contributed by atoms with Crippen LogP contribution in [0.25, 0.3) is 33.0 Å². The molecule has 56 heavy (non-hydrogen) atoms. The quantitative estimate of drug-likeness (QED) is 0.169. The van der Waals surface area contributed by atoms with Crippen molar-refractivity contribution in [3.05, 3.63) is 203 Å². The summed E-state index contributed by atoms with van der Waals surface area (Å²) in [5.41, 5.74) is 20.1. The van der Waals surface area contributed by atoms with Gasteiger partial charge < -0.3 is 9.80 Å². The van der Waals surface area contributed by atoms with Crippen molar-refractivity contribution >= 4 is 44.9 Å². The van der Waals surface area contributed by atoms with Gasteiger partial charge >= 0.3 is 0 Å². The minimum absolute atomic E-state index is 0.246. The fraction of sp³-hybridized carbons (Fsp3) is 0.148. The topological polar surface area (TPSA) is 6.48 Å². The van der Waals surface area contributed by atoms with E-state index in [9.17, 15) is 0 Å². The van der Waals surface area contributed by atoms with Crippen LogP contribution in [0.3, 0.4) is 0 Å². The summed E-state index contributed by atoms with van der Waals surface area (Å²) in [5, 5.41) is 2.66. The van der Waals surface area contributed by atoms with E-state index < -0.39 is 0 Å². The summed E-state index contributed by atoms with van der Waals surface area (Å²) in [4.78, 5) is 4.81. The van der Waals surface area contributed by atoms with Crippen molar-refractivity contribution in [1.82, 2.24) is 0 Å². The summed E-state index contributed by atoms with van der Waals surface area (Å²) < 4.78 is 0. The summed E-state index contributed by atoms with van der Waals surface area (Å²) in [5.74, 6) is 0. The summed E-state index contributed by atoms with van der Waals surface area (Å²) in [6.07, 6.45) is 0. The molecule has 0 N–H and O–H groups in total. The van der Waals surface area contributed by atoms with Gasteiger partial charge in [0.05, 0.1) is 0 Å². The van der Waals surface area contributed by atoms with Crippen LogP contribution in [0.4, 0.5) is 34.1 Å². The van der Waals surface area contributed by atoms with Crippen molar-refractivity contribution in [3.8, 4) is 22.3 Å². The second-order valence-electron chi connectivity index (χ2n) is 16.8. The van der Waals surface area contributed by atoms with Gasteiger partial charge in [-0.3, -0.25) is 0 Å². The zero-order valence-electron chi connectivity index (χ0n) is 33.1. The largest absolute Gasteiger partial charge is 0.310 e. The molecule has 2 nitrogen and oxygen atoms in total. The third kappa shape index (κ3) is 5.09. The van der Waals surface area contributed by atoms with E-state index in [1.165, 1.54) is 89.2 Å². The SMILES string of the molecule is Cc1cccc(N(c2ccccc2)c2ccc3c(c2)C(C)(C)c2c4c(c5ccccc5c2-3)-c2ccc(N(c3ccccc3)c3cccc(C)c3)cc2C4(C)C)c1. The number of benzene rings is 8. The first-order chi connectivity index (χ1) is 27.1. The molecular weight excluding hydrogens is 677 g/mol. The highest BCUT2D eigenvalue weighted by Gasteiger charge is 2.47. The van der Waals surface area contributed by atoms with Crippen LogP contribution in [0, 0.1) is 13.8 Å². The van der Waals surface area contributed by atoms with Gasteiger partial charge in [-0.1, -0.05) is 125 Å². The molecule has 0 saturated carbocycles. The van der Waals surface area contributed by atoms with Gasteiger partial charge in [0.25, 0.3) is 0 Å². The summed E-state index contributed by atoms with van der Waals surface area (Å²) in [6, 6.07) is 62.8. The van der Waals surface area contributed by atoms with Gasteiger partial charge in [-0.05, 0) is 153 Å². The molecule has 0 aliphatic heterocycles. The number of hydrogen-bond acceptors (Lipinski definition) is 2. The highest BCUT2D eigenvalue weighted by atomic mass is 15.1. The Labute approximate surface area is 331 Å². The van der Waals surface area contributed by atoms with Crippen molar-refractivity contribution in [3.63, 3.8) is 0 Å². The van der Waals surface area contributed by atoms with Crippen LogP contribution in [0.5, 0.6) is 0 Å². The fourth-order valence-corrected chi connectivity index (χ4v) is 9.91. The van der Waals surface area contributed by atoms with Gasteiger partial charge in [0, 0.05) is 45.0 Å². The van der Waals surface area contributed by atoms with Gasteiger partial charge in [0.15, 0.2) is 0 Å². The first kappa shape index (κ1) is 34.1. The van der Waals surface area contributed by atoms with E-state index in [4.69, 9.17) is 0 Å². The Hall–Kier alpha value is -6.38. The average Bonchev–Trinajstić information content (AvgIpc) is 3.58. The van der Waals surface area contributed by atoms with Gasteiger partial charge in [0.1, 0.15) is 0 Å². The van der Waals surface area contributed by atoms with E-state index in [0.717, 1.165) is 11.4 Å². The second kappa shape index (κ2) is 12.6. The predicted molar refractivity (Wildman–Crippen MR) is 238 cm³/mol. The highest BCUT2D eigenvalue weighted by molar-refractivity contribution is 6.13. The third-order valence-corrected chi connectivity index (χ3v) is 12.4. The summed E-state index contributed by atoms with van der Waals surface area (Å²) in [7, 11) is 0. The Kier molecular flexibility index (Phi) is 7.67. The standard InChI is InChI=1S/C54H46N2/c1-35-17-15-23-39(31-35)55(37-19-9-7-10-20-37)41-27-29-45-47(33-41)53(3,4)51-49(45)43-25-13-14-26-44(43)50-46-30-28-42(34-48(46)54(5,6)52(50)51)56(38-21-11-8-12-22-38)40-24-16-18-36(2)32-40/h7-34H,1-6H3. The molecule has 2 aliphatic rings. The van der Waals surface area contributed by atoms with Crippen molar-refractivity contribution in [2.45, 2.75) is 52.4 Å². The molecule has 0 bridgehead atoms. The van der Waals surface area contributed by atoms with Crippen LogP contribution in [0.1, 0.15) is 61.1 Å². The first-order valence-corrected chi connectivity index (χ1v) is 19.9. The number of anilines is 6. The van der Waals surface area contributed by atoms with E-state index in [0.29, 0.717) is 0 Å². The maximum absolute atomic E-state index is 2.47. The number of aryl methyl sites for hydroxylation is 2. The van der Waals surface area contributed by atoms with Crippen molar-refractivity contribution in [1.29, 1.82) is 0 Å². The molecule has 0 unspecified atom stereocenters. The lowest BCUT2D eigenvalue weighted by atomic mass is 9.71. The molecule has 0 atom stereocenters. The maximum Gasteiger partial charge on any atom is 0.0465 e. The number of rotatable bonds is 6. The molecule has 10 rings (SSSR count).